The van der Waals surface area contributed by atoms with E-state index in [2.05, 4.69) is 4.84 Å². The Labute approximate surface area is 81.0 Å². The van der Waals surface area contributed by atoms with Crippen molar-refractivity contribution in [3.05, 3.63) is 29.8 Å². The van der Waals surface area contributed by atoms with Crippen molar-refractivity contribution >= 4 is 5.97 Å². The first kappa shape index (κ1) is 10.5. The maximum Gasteiger partial charge on any atom is 0.341 e. The molecule has 0 fully saturated rings. The number of ether oxygens (including phenoxy) is 1. The van der Waals surface area contributed by atoms with Crippen molar-refractivity contribution in [1.29, 1.82) is 0 Å². The summed E-state index contributed by atoms with van der Waals surface area (Å²) in [6.45, 7) is -0.183. The Bertz CT molecular complexity index is 313. The van der Waals surface area contributed by atoms with Crippen LogP contribution in [0.2, 0.25) is 0 Å². The molecule has 1 aromatic carbocycles. The van der Waals surface area contributed by atoms with Gasteiger partial charge in [-0.2, -0.15) is 0 Å². The van der Waals surface area contributed by atoms with Gasteiger partial charge in [0.05, 0.1) is 6.61 Å². The summed E-state index contributed by atoms with van der Waals surface area (Å²) in [6.07, 6.45) is 0. The number of nitrogens with two attached hydrogens (primary N) is 1. The maximum absolute atomic E-state index is 10.3. The standard InChI is InChI=1S/C9H11NO4/c10-14-5-7-3-1-2-4-8(7)13-6-9(11)12/h1-4H,5-6,10H2,(H,11,12). The zero-order chi connectivity index (χ0) is 10.4. The van der Waals surface area contributed by atoms with Crippen LogP contribution in [0.1, 0.15) is 5.56 Å². The molecule has 0 aliphatic heterocycles. The van der Waals surface area contributed by atoms with Crippen LogP contribution in [-0.2, 0) is 16.2 Å². The third-order valence-electron chi connectivity index (χ3n) is 1.56. The number of hydrogen-bond donors (Lipinski definition) is 2. The number of para-hydroxylation sites is 1. The van der Waals surface area contributed by atoms with Gasteiger partial charge in [0.15, 0.2) is 6.61 Å². The minimum atomic E-state index is -1.02. The molecule has 0 spiro atoms. The number of carboxylic acids is 1. The molecule has 0 unspecified atom stereocenters. The molecule has 1 rings (SSSR count). The van der Waals surface area contributed by atoms with Gasteiger partial charge in [-0.1, -0.05) is 18.2 Å². The fourth-order valence-corrected chi connectivity index (χ4v) is 0.993. The van der Waals surface area contributed by atoms with Gasteiger partial charge in [-0.05, 0) is 6.07 Å². The molecule has 14 heavy (non-hydrogen) atoms. The molecule has 0 bridgehead atoms. The third-order valence-corrected chi connectivity index (χ3v) is 1.56. The molecule has 0 amide bonds. The molecule has 5 nitrogen and oxygen atoms in total. The summed E-state index contributed by atoms with van der Waals surface area (Å²) in [6, 6.07) is 6.96. The Kier molecular flexibility index (Phi) is 3.90. The molecule has 76 valence electrons. The first-order chi connectivity index (χ1) is 6.74. The van der Waals surface area contributed by atoms with Crippen LogP contribution in [0.25, 0.3) is 0 Å². The molecule has 0 atom stereocenters. The highest BCUT2D eigenvalue weighted by Crippen LogP contribution is 2.17. The molecule has 0 heterocycles. The van der Waals surface area contributed by atoms with Crippen LogP contribution in [0, 0.1) is 0 Å². The van der Waals surface area contributed by atoms with Crippen molar-refractivity contribution < 1.29 is 19.5 Å². The van der Waals surface area contributed by atoms with Crippen molar-refractivity contribution in [1.82, 2.24) is 0 Å². The minimum Gasteiger partial charge on any atom is -0.482 e. The molecule has 3 N–H and O–H groups in total. The highest BCUT2D eigenvalue weighted by Gasteiger charge is 2.04. The predicted octanol–water partition coefficient (Wildman–Crippen LogP) is 0.540. The number of carbonyl (C=O) groups is 1. The number of aliphatic carboxylic acids is 1. The lowest BCUT2D eigenvalue weighted by Crippen LogP contribution is -2.11. The van der Waals surface area contributed by atoms with Crippen LogP contribution >= 0.6 is 0 Å². The highest BCUT2D eigenvalue weighted by atomic mass is 16.6. The molecule has 0 aliphatic rings. The molecular formula is C9H11NO4. The van der Waals surface area contributed by atoms with E-state index in [-0.39, 0.29) is 13.2 Å². The van der Waals surface area contributed by atoms with Gasteiger partial charge in [0.1, 0.15) is 5.75 Å². The molecule has 0 saturated carbocycles. The zero-order valence-electron chi connectivity index (χ0n) is 7.47. The summed E-state index contributed by atoms with van der Waals surface area (Å²) >= 11 is 0. The van der Waals surface area contributed by atoms with Gasteiger partial charge >= 0.3 is 5.97 Å². The van der Waals surface area contributed by atoms with E-state index in [0.29, 0.717) is 5.75 Å². The second-order valence-electron chi connectivity index (χ2n) is 2.60. The number of benzene rings is 1. The van der Waals surface area contributed by atoms with Crippen molar-refractivity contribution in [2.24, 2.45) is 5.90 Å². The Morgan fingerprint density at radius 1 is 1.43 bits per heavy atom. The van der Waals surface area contributed by atoms with Crippen LogP contribution < -0.4 is 10.6 Å². The van der Waals surface area contributed by atoms with E-state index in [1.807, 2.05) is 0 Å². The topological polar surface area (TPSA) is 81.8 Å². The van der Waals surface area contributed by atoms with Crippen molar-refractivity contribution in [3.63, 3.8) is 0 Å². The van der Waals surface area contributed by atoms with E-state index in [4.69, 9.17) is 15.7 Å². The first-order valence-corrected chi connectivity index (χ1v) is 3.98. The van der Waals surface area contributed by atoms with E-state index in [1.165, 1.54) is 0 Å². The number of hydrogen-bond acceptors (Lipinski definition) is 4. The average Bonchev–Trinajstić information content (AvgIpc) is 2.17. The Morgan fingerprint density at radius 3 is 2.79 bits per heavy atom. The van der Waals surface area contributed by atoms with Crippen LogP contribution in [0.5, 0.6) is 5.75 Å². The first-order valence-electron chi connectivity index (χ1n) is 3.98. The fourth-order valence-electron chi connectivity index (χ4n) is 0.993. The molecule has 0 radical (unpaired) electrons. The van der Waals surface area contributed by atoms with Gasteiger partial charge < -0.3 is 9.84 Å². The van der Waals surface area contributed by atoms with Crippen molar-refractivity contribution in [2.45, 2.75) is 6.61 Å². The second-order valence-corrected chi connectivity index (χ2v) is 2.60. The van der Waals surface area contributed by atoms with Crippen LogP contribution in [0.4, 0.5) is 0 Å². The smallest absolute Gasteiger partial charge is 0.341 e. The molecular weight excluding hydrogens is 186 g/mol. The summed E-state index contributed by atoms with van der Waals surface area (Å²) in [5, 5.41) is 8.41. The van der Waals surface area contributed by atoms with Crippen LogP contribution in [-0.4, -0.2) is 17.7 Å². The SMILES string of the molecule is NOCc1ccccc1OCC(=O)O. The maximum atomic E-state index is 10.3. The normalized spacial score (nSPS) is 9.79. The van der Waals surface area contributed by atoms with Gasteiger partial charge in [-0.3, -0.25) is 4.84 Å². The largest absolute Gasteiger partial charge is 0.482 e. The third kappa shape index (κ3) is 3.04. The van der Waals surface area contributed by atoms with Crippen molar-refractivity contribution in [3.8, 4) is 5.75 Å². The Morgan fingerprint density at radius 2 is 2.14 bits per heavy atom. The molecule has 0 aromatic heterocycles. The molecule has 0 saturated heterocycles. The van der Waals surface area contributed by atoms with E-state index < -0.39 is 5.97 Å². The lowest BCUT2D eigenvalue weighted by Gasteiger charge is -2.08. The molecule has 0 aliphatic carbocycles. The minimum absolute atomic E-state index is 0.190. The van der Waals surface area contributed by atoms with Gasteiger partial charge in [0, 0.05) is 5.56 Å². The fraction of sp³-hybridized carbons (Fsp3) is 0.222. The van der Waals surface area contributed by atoms with Crippen LogP contribution in [0.15, 0.2) is 24.3 Å². The molecule has 5 heteroatoms. The highest BCUT2D eigenvalue weighted by molar-refractivity contribution is 5.68. The lowest BCUT2D eigenvalue weighted by atomic mass is 10.2. The van der Waals surface area contributed by atoms with E-state index in [1.54, 1.807) is 24.3 Å². The zero-order valence-corrected chi connectivity index (χ0v) is 7.47. The summed E-state index contributed by atoms with van der Waals surface area (Å²) in [4.78, 5) is 14.7. The summed E-state index contributed by atoms with van der Waals surface area (Å²) in [7, 11) is 0. The quantitative estimate of drug-likeness (QED) is 0.673. The predicted molar refractivity (Wildman–Crippen MR) is 48.5 cm³/mol. The van der Waals surface area contributed by atoms with Gasteiger partial charge in [-0.25, -0.2) is 10.7 Å². The monoisotopic (exact) mass is 197 g/mol. The summed E-state index contributed by atoms with van der Waals surface area (Å²) in [5.74, 6) is 4.37. The number of rotatable bonds is 5. The average molecular weight is 197 g/mol. The Balaban J connectivity index is 2.68. The van der Waals surface area contributed by atoms with E-state index in [0.717, 1.165) is 5.56 Å². The lowest BCUT2D eigenvalue weighted by molar-refractivity contribution is -0.139. The number of carboxylic acid groups (broad SMARTS) is 1. The van der Waals surface area contributed by atoms with E-state index >= 15 is 0 Å². The van der Waals surface area contributed by atoms with Gasteiger partial charge in [-0.15, -0.1) is 0 Å². The van der Waals surface area contributed by atoms with Crippen LogP contribution in [0.3, 0.4) is 0 Å². The Hall–Kier alpha value is -1.59. The van der Waals surface area contributed by atoms with Gasteiger partial charge in [0.25, 0.3) is 0 Å². The molecule has 1 aromatic rings. The summed E-state index contributed by atoms with van der Waals surface area (Å²) in [5.41, 5.74) is 0.719. The van der Waals surface area contributed by atoms with Gasteiger partial charge in [0.2, 0.25) is 0 Å². The second kappa shape index (κ2) is 5.21. The van der Waals surface area contributed by atoms with Crippen molar-refractivity contribution in [2.75, 3.05) is 6.61 Å². The van der Waals surface area contributed by atoms with E-state index in [9.17, 15) is 4.79 Å². The summed E-state index contributed by atoms with van der Waals surface area (Å²) < 4.78 is 5.02.